The van der Waals surface area contributed by atoms with E-state index < -0.39 is 0 Å². The van der Waals surface area contributed by atoms with Gasteiger partial charge in [-0.1, -0.05) is 0 Å². The van der Waals surface area contributed by atoms with Crippen LogP contribution in [0.5, 0.6) is 11.5 Å². The van der Waals surface area contributed by atoms with Crippen LogP contribution >= 0.6 is 11.3 Å². The molecule has 112 valence electrons. The van der Waals surface area contributed by atoms with Gasteiger partial charge in [-0.05, 0) is 38.4 Å². The molecule has 4 nitrogen and oxygen atoms in total. The summed E-state index contributed by atoms with van der Waals surface area (Å²) in [6.07, 6.45) is 3.46. The smallest absolute Gasteiger partial charge is 0.124 e. The molecule has 1 heterocycles. The van der Waals surface area contributed by atoms with Gasteiger partial charge in [0.25, 0.3) is 0 Å². The average molecular weight is 304 g/mol. The number of nitrogens with one attached hydrogen (secondary N) is 1. The van der Waals surface area contributed by atoms with Crippen molar-refractivity contribution in [1.82, 2.24) is 10.3 Å². The Hall–Kier alpha value is -1.59. The number of methoxy groups -OCH3 is 2. The Labute approximate surface area is 129 Å². The summed E-state index contributed by atoms with van der Waals surface area (Å²) < 4.78 is 10.7. The Balaban J connectivity index is 2.03. The van der Waals surface area contributed by atoms with Gasteiger partial charge in [-0.25, -0.2) is 4.98 Å². The second-order valence-corrected chi connectivity index (χ2v) is 6.20. The molecule has 1 aliphatic rings. The third-order valence-electron chi connectivity index (χ3n) is 3.90. The lowest BCUT2D eigenvalue weighted by molar-refractivity contribution is 0.394. The van der Waals surface area contributed by atoms with Crippen molar-refractivity contribution in [2.75, 3.05) is 21.3 Å². The van der Waals surface area contributed by atoms with Crippen LogP contribution in [0.2, 0.25) is 0 Å². The standard InChI is InChI=1S/C16H20N2O2S/c1-17-13-5-4-6-14-15(13)21-16(18-14)10-7-11(19-2)9-12(8-10)20-3/h7-9,13,17H,4-6H2,1-3H3. The van der Waals surface area contributed by atoms with Gasteiger partial charge in [0.2, 0.25) is 0 Å². The lowest BCUT2D eigenvalue weighted by atomic mass is 9.98. The van der Waals surface area contributed by atoms with Gasteiger partial charge in [0.05, 0.1) is 19.9 Å². The Kier molecular flexibility index (Phi) is 4.12. The fraction of sp³-hybridized carbons (Fsp3) is 0.438. The van der Waals surface area contributed by atoms with E-state index in [2.05, 4.69) is 5.32 Å². The molecule has 21 heavy (non-hydrogen) atoms. The molecule has 1 aliphatic carbocycles. The molecule has 1 atom stereocenters. The largest absolute Gasteiger partial charge is 0.497 e. The molecule has 2 aromatic rings. The van der Waals surface area contributed by atoms with Crippen LogP contribution in [0.15, 0.2) is 18.2 Å². The van der Waals surface area contributed by atoms with Crippen molar-refractivity contribution in [2.45, 2.75) is 25.3 Å². The van der Waals surface area contributed by atoms with E-state index in [0.29, 0.717) is 6.04 Å². The fourth-order valence-electron chi connectivity index (χ4n) is 2.75. The maximum Gasteiger partial charge on any atom is 0.124 e. The molecule has 0 aliphatic heterocycles. The lowest BCUT2D eigenvalue weighted by Gasteiger charge is -2.19. The zero-order chi connectivity index (χ0) is 14.8. The Morgan fingerprint density at radius 2 is 1.90 bits per heavy atom. The van der Waals surface area contributed by atoms with E-state index in [4.69, 9.17) is 14.5 Å². The quantitative estimate of drug-likeness (QED) is 0.940. The second kappa shape index (κ2) is 6.03. The van der Waals surface area contributed by atoms with E-state index in [0.717, 1.165) is 28.5 Å². The topological polar surface area (TPSA) is 43.4 Å². The number of nitrogens with zero attached hydrogens (tertiary/aromatic N) is 1. The van der Waals surface area contributed by atoms with E-state index in [1.807, 2.05) is 25.2 Å². The van der Waals surface area contributed by atoms with Crippen LogP contribution < -0.4 is 14.8 Å². The number of aryl methyl sites for hydroxylation is 1. The van der Waals surface area contributed by atoms with E-state index >= 15 is 0 Å². The molecular formula is C16H20N2O2S. The highest BCUT2D eigenvalue weighted by Gasteiger charge is 2.24. The lowest BCUT2D eigenvalue weighted by Crippen LogP contribution is -2.19. The van der Waals surface area contributed by atoms with Gasteiger partial charge in [0.1, 0.15) is 16.5 Å². The van der Waals surface area contributed by atoms with E-state index in [-0.39, 0.29) is 0 Å². The van der Waals surface area contributed by atoms with Crippen LogP contribution in [0.25, 0.3) is 10.6 Å². The van der Waals surface area contributed by atoms with E-state index in [1.165, 1.54) is 23.4 Å². The molecule has 0 amide bonds. The third kappa shape index (κ3) is 2.76. The summed E-state index contributed by atoms with van der Waals surface area (Å²) >= 11 is 1.77. The Morgan fingerprint density at radius 3 is 2.52 bits per heavy atom. The van der Waals surface area contributed by atoms with E-state index in [1.54, 1.807) is 25.6 Å². The fourth-order valence-corrected chi connectivity index (χ4v) is 3.99. The highest BCUT2D eigenvalue weighted by atomic mass is 32.1. The van der Waals surface area contributed by atoms with Gasteiger partial charge in [-0.15, -0.1) is 11.3 Å². The zero-order valence-electron chi connectivity index (χ0n) is 12.6. The third-order valence-corrected chi connectivity index (χ3v) is 5.16. The normalized spacial score (nSPS) is 17.4. The number of benzene rings is 1. The van der Waals surface area contributed by atoms with Crippen molar-refractivity contribution < 1.29 is 9.47 Å². The SMILES string of the molecule is CNC1CCCc2nc(-c3cc(OC)cc(OC)c3)sc21. The minimum atomic E-state index is 0.438. The molecule has 0 spiro atoms. The molecule has 0 saturated carbocycles. The van der Waals surface area contributed by atoms with Crippen molar-refractivity contribution in [3.8, 4) is 22.1 Å². The first-order valence-corrected chi connectivity index (χ1v) is 7.97. The molecule has 0 saturated heterocycles. The van der Waals surface area contributed by atoms with Crippen molar-refractivity contribution in [1.29, 1.82) is 0 Å². The molecule has 5 heteroatoms. The predicted molar refractivity (Wildman–Crippen MR) is 85.4 cm³/mol. The van der Waals surface area contributed by atoms with E-state index in [9.17, 15) is 0 Å². The van der Waals surface area contributed by atoms with Gasteiger partial charge in [0, 0.05) is 22.5 Å². The maximum absolute atomic E-state index is 5.35. The molecule has 1 N–H and O–H groups in total. The molecule has 0 radical (unpaired) electrons. The summed E-state index contributed by atoms with van der Waals surface area (Å²) in [6, 6.07) is 6.35. The average Bonchev–Trinajstić information content (AvgIpc) is 2.98. The number of aromatic nitrogens is 1. The Bertz CT molecular complexity index is 617. The first kappa shape index (κ1) is 14.4. The van der Waals surface area contributed by atoms with Crippen molar-refractivity contribution in [2.24, 2.45) is 0 Å². The van der Waals surface area contributed by atoms with Crippen molar-refractivity contribution >= 4 is 11.3 Å². The number of hydrogen-bond acceptors (Lipinski definition) is 5. The first-order chi connectivity index (χ1) is 10.2. The number of ether oxygens (including phenoxy) is 2. The summed E-state index contributed by atoms with van der Waals surface area (Å²) in [5.74, 6) is 1.59. The molecule has 1 aromatic carbocycles. The molecule has 3 rings (SSSR count). The van der Waals surface area contributed by atoms with Crippen LogP contribution in [-0.2, 0) is 6.42 Å². The predicted octanol–water partition coefficient (Wildman–Crippen LogP) is 3.42. The second-order valence-electron chi connectivity index (χ2n) is 5.16. The van der Waals surface area contributed by atoms with Gasteiger partial charge < -0.3 is 14.8 Å². The number of thiazole rings is 1. The van der Waals surface area contributed by atoms with Crippen LogP contribution in [0.4, 0.5) is 0 Å². The van der Waals surface area contributed by atoms with Crippen LogP contribution in [0.1, 0.15) is 29.5 Å². The Morgan fingerprint density at radius 1 is 1.19 bits per heavy atom. The first-order valence-electron chi connectivity index (χ1n) is 7.15. The van der Waals surface area contributed by atoms with Gasteiger partial charge in [0.15, 0.2) is 0 Å². The molecule has 1 aromatic heterocycles. The summed E-state index contributed by atoms with van der Waals surface area (Å²) in [5.41, 5.74) is 2.29. The summed E-state index contributed by atoms with van der Waals surface area (Å²) in [6.45, 7) is 0. The molecular weight excluding hydrogens is 284 g/mol. The van der Waals surface area contributed by atoms with Crippen molar-refractivity contribution in [3.63, 3.8) is 0 Å². The van der Waals surface area contributed by atoms with Gasteiger partial charge in [-0.3, -0.25) is 0 Å². The molecule has 1 unspecified atom stereocenters. The van der Waals surface area contributed by atoms with Crippen molar-refractivity contribution in [3.05, 3.63) is 28.8 Å². The highest BCUT2D eigenvalue weighted by molar-refractivity contribution is 7.15. The summed E-state index contributed by atoms with van der Waals surface area (Å²) in [5, 5.41) is 4.43. The molecule has 0 fully saturated rings. The maximum atomic E-state index is 5.35. The number of rotatable bonds is 4. The summed E-state index contributed by atoms with van der Waals surface area (Å²) in [4.78, 5) is 6.21. The minimum Gasteiger partial charge on any atom is -0.497 e. The van der Waals surface area contributed by atoms with Gasteiger partial charge >= 0.3 is 0 Å². The summed E-state index contributed by atoms with van der Waals surface area (Å²) in [7, 11) is 5.36. The van der Waals surface area contributed by atoms with Crippen LogP contribution in [0, 0.1) is 0 Å². The number of hydrogen-bond donors (Lipinski definition) is 1. The van der Waals surface area contributed by atoms with Gasteiger partial charge in [-0.2, -0.15) is 0 Å². The van der Waals surface area contributed by atoms with Crippen LogP contribution in [-0.4, -0.2) is 26.3 Å². The molecule has 0 bridgehead atoms. The zero-order valence-corrected chi connectivity index (χ0v) is 13.4. The highest BCUT2D eigenvalue weighted by Crippen LogP contribution is 2.39. The number of fused-ring (bicyclic) bond motifs is 1. The minimum absolute atomic E-state index is 0.438. The van der Waals surface area contributed by atoms with Crippen LogP contribution in [0.3, 0.4) is 0 Å². The monoisotopic (exact) mass is 304 g/mol.